The molecule has 0 heterocycles. The van der Waals surface area contributed by atoms with Gasteiger partial charge in [-0.2, -0.15) is 0 Å². The van der Waals surface area contributed by atoms with Crippen molar-refractivity contribution in [2.75, 3.05) is 13.7 Å². The van der Waals surface area contributed by atoms with Gasteiger partial charge in [0.2, 0.25) is 5.91 Å². The summed E-state index contributed by atoms with van der Waals surface area (Å²) in [5.41, 5.74) is 7.00. The van der Waals surface area contributed by atoms with E-state index >= 15 is 0 Å². The minimum absolute atomic E-state index is 0. The number of methoxy groups -OCH3 is 1. The van der Waals surface area contributed by atoms with Gasteiger partial charge < -0.3 is 20.5 Å². The summed E-state index contributed by atoms with van der Waals surface area (Å²) in [7, 11) is 1.61. The number of rotatable bonds is 8. The number of nitrogens with two attached hydrogens (primary N) is 1. The maximum Gasteiger partial charge on any atom is 0.222 e. The van der Waals surface area contributed by atoms with E-state index in [0.29, 0.717) is 12.3 Å². The van der Waals surface area contributed by atoms with Crippen LogP contribution in [0.2, 0.25) is 0 Å². The highest BCUT2D eigenvalue weighted by Gasteiger charge is 2.13. The molecule has 2 aromatic carbocycles. The van der Waals surface area contributed by atoms with Crippen LogP contribution in [0.4, 0.5) is 0 Å². The van der Waals surface area contributed by atoms with Gasteiger partial charge in [-0.15, -0.1) is 12.4 Å². The van der Waals surface area contributed by atoms with Gasteiger partial charge in [0.15, 0.2) is 0 Å². The number of benzene rings is 2. The van der Waals surface area contributed by atoms with E-state index in [-0.39, 0.29) is 36.9 Å². The van der Waals surface area contributed by atoms with Crippen molar-refractivity contribution in [2.24, 2.45) is 5.73 Å². The Hall–Kier alpha value is -2.24. The zero-order valence-electron chi connectivity index (χ0n) is 14.5. The van der Waals surface area contributed by atoms with Gasteiger partial charge in [0.05, 0.1) is 13.7 Å². The lowest BCUT2D eigenvalue weighted by Gasteiger charge is -2.17. The minimum atomic E-state index is -0.305. The van der Waals surface area contributed by atoms with Crippen LogP contribution in [0.15, 0.2) is 54.6 Å². The number of amides is 1. The monoisotopic (exact) mass is 364 g/mol. The first-order valence-corrected chi connectivity index (χ1v) is 7.96. The van der Waals surface area contributed by atoms with Gasteiger partial charge in [-0.05, 0) is 24.6 Å². The molecule has 0 bridgehead atoms. The average molecular weight is 365 g/mol. The minimum Gasteiger partial charge on any atom is -0.497 e. The number of ether oxygens (including phenoxy) is 2. The van der Waals surface area contributed by atoms with Gasteiger partial charge in [0, 0.05) is 18.5 Å². The van der Waals surface area contributed by atoms with Crippen molar-refractivity contribution in [3.8, 4) is 11.5 Å². The van der Waals surface area contributed by atoms with E-state index in [2.05, 4.69) is 5.32 Å². The van der Waals surface area contributed by atoms with Crippen LogP contribution >= 0.6 is 12.4 Å². The van der Waals surface area contributed by atoms with E-state index in [4.69, 9.17) is 15.2 Å². The van der Waals surface area contributed by atoms with Crippen LogP contribution in [-0.4, -0.2) is 25.7 Å². The lowest BCUT2D eigenvalue weighted by atomic mass is 10.0. The van der Waals surface area contributed by atoms with Crippen LogP contribution in [0, 0.1) is 0 Å². The highest BCUT2D eigenvalue weighted by molar-refractivity contribution is 5.85. The Morgan fingerprint density at radius 1 is 1.12 bits per heavy atom. The van der Waals surface area contributed by atoms with Crippen LogP contribution in [0.25, 0.3) is 0 Å². The molecular weight excluding hydrogens is 340 g/mol. The third-order valence-corrected chi connectivity index (χ3v) is 3.60. The number of halogens is 1. The second-order valence-corrected chi connectivity index (χ2v) is 5.63. The predicted octanol–water partition coefficient (Wildman–Crippen LogP) is 3.09. The molecule has 0 spiro atoms. The van der Waals surface area contributed by atoms with Crippen LogP contribution in [-0.2, 0) is 4.79 Å². The van der Waals surface area contributed by atoms with Crippen molar-refractivity contribution in [3.63, 3.8) is 0 Å². The lowest BCUT2D eigenvalue weighted by Crippen LogP contribution is -2.35. The van der Waals surface area contributed by atoms with Crippen molar-refractivity contribution in [1.82, 2.24) is 5.32 Å². The molecule has 2 unspecified atom stereocenters. The Labute approximate surface area is 154 Å². The molecule has 1 amide bonds. The second kappa shape index (κ2) is 10.6. The quantitative estimate of drug-likeness (QED) is 0.754. The molecule has 0 radical (unpaired) electrons. The number of nitrogens with one attached hydrogen (secondary N) is 1. The van der Waals surface area contributed by atoms with Crippen LogP contribution in [0.3, 0.4) is 0 Å². The third kappa shape index (κ3) is 7.03. The van der Waals surface area contributed by atoms with Crippen molar-refractivity contribution < 1.29 is 14.3 Å². The molecule has 0 aliphatic carbocycles. The molecule has 136 valence electrons. The molecule has 5 nitrogen and oxygen atoms in total. The van der Waals surface area contributed by atoms with Crippen LogP contribution in [0.1, 0.15) is 24.9 Å². The first-order chi connectivity index (χ1) is 11.6. The van der Waals surface area contributed by atoms with E-state index in [1.807, 2.05) is 61.5 Å². The zero-order chi connectivity index (χ0) is 17.4. The first-order valence-electron chi connectivity index (χ1n) is 7.96. The first kappa shape index (κ1) is 20.8. The average Bonchev–Trinajstić information content (AvgIpc) is 2.61. The Morgan fingerprint density at radius 2 is 1.80 bits per heavy atom. The van der Waals surface area contributed by atoms with E-state index in [1.165, 1.54) is 0 Å². The molecule has 2 rings (SSSR count). The van der Waals surface area contributed by atoms with E-state index in [1.54, 1.807) is 7.11 Å². The summed E-state index contributed by atoms with van der Waals surface area (Å²) in [6, 6.07) is 16.7. The molecule has 3 N–H and O–H groups in total. The molecule has 0 fully saturated rings. The summed E-state index contributed by atoms with van der Waals surface area (Å²) < 4.78 is 10.9. The molecule has 2 aromatic rings. The fourth-order valence-electron chi connectivity index (χ4n) is 2.30. The van der Waals surface area contributed by atoms with Gasteiger partial charge in [-0.3, -0.25) is 4.79 Å². The Bertz CT molecular complexity index is 652. The SMILES string of the molecule is COc1cccc(OC(C)CNC(=O)CC(N)c2ccccc2)c1.Cl. The largest absolute Gasteiger partial charge is 0.497 e. The van der Waals surface area contributed by atoms with Gasteiger partial charge in [0.1, 0.15) is 17.6 Å². The Morgan fingerprint density at radius 3 is 2.48 bits per heavy atom. The van der Waals surface area contributed by atoms with Gasteiger partial charge in [-0.1, -0.05) is 36.4 Å². The Balaban J connectivity index is 0.00000312. The van der Waals surface area contributed by atoms with E-state index < -0.39 is 0 Å². The number of carbonyl (C=O) groups excluding carboxylic acids is 1. The summed E-state index contributed by atoms with van der Waals surface area (Å²) in [5.74, 6) is 1.35. The lowest BCUT2D eigenvalue weighted by molar-refractivity contribution is -0.121. The number of carbonyl (C=O) groups is 1. The molecule has 0 aliphatic rings. The standard InChI is InChI=1S/C19H24N2O3.ClH/c1-14(24-17-10-6-9-16(11-17)23-2)13-21-19(22)12-18(20)15-7-4-3-5-8-15;/h3-11,14,18H,12-13,20H2,1-2H3,(H,21,22);1H. The second-order valence-electron chi connectivity index (χ2n) is 5.63. The molecule has 6 heteroatoms. The van der Waals surface area contributed by atoms with E-state index in [9.17, 15) is 4.79 Å². The van der Waals surface area contributed by atoms with Crippen molar-refractivity contribution in [2.45, 2.75) is 25.5 Å². The van der Waals surface area contributed by atoms with Crippen LogP contribution in [0.5, 0.6) is 11.5 Å². The summed E-state index contributed by atoms with van der Waals surface area (Å²) in [5, 5.41) is 2.86. The number of hydrogen-bond acceptors (Lipinski definition) is 4. The molecule has 0 saturated heterocycles. The Kier molecular flexibility index (Phi) is 8.81. The van der Waals surface area contributed by atoms with Crippen LogP contribution < -0.4 is 20.5 Å². The maximum absolute atomic E-state index is 12.0. The summed E-state index contributed by atoms with van der Waals surface area (Å²) in [4.78, 5) is 12.0. The highest BCUT2D eigenvalue weighted by Crippen LogP contribution is 2.19. The van der Waals surface area contributed by atoms with Gasteiger partial charge in [-0.25, -0.2) is 0 Å². The molecule has 25 heavy (non-hydrogen) atoms. The van der Waals surface area contributed by atoms with Crippen molar-refractivity contribution in [1.29, 1.82) is 0 Å². The fraction of sp³-hybridized carbons (Fsp3) is 0.316. The van der Waals surface area contributed by atoms with E-state index in [0.717, 1.165) is 11.3 Å². The number of hydrogen-bond donors (Lipinski definition) is 2. The highest BCUT2D eigenvalue weighted by atomic mass is 35.5. The van der Waals surface area contributed by atoms with Crippen molar-refractivity contribution in [3.05, 3.63) is 60.2 Å². The third-order valence-electron chi connectivity index (χ3n) is 3.60. The molecule has 0 saturated carbocycles. The molecule has 0 aliphatic heterocycles. The zero-order valence-corrected chi connectivity index (χ0v) is 15.3. The summed E-state index contributed by atoms with van der Waals surface area (Å²) >= 11 is 0. The normalized spacial score (nSPS) is 12.4. The molecular formula is C19H25ClN2O3. The summed E-state index contributed by atoms with van der Waals surface area (Å²) in [6.45, 7) is 2.31. The molecule has 2 atom stereocenters. The maximum atomic E-state index is 12.0. The fourth-order valence-corrected chi connectivity index (χ4v) is 2.30. The van der Waals surface area contributed by atoms with Gasteiger partial charge in [0.25, 0.3) is 0 Å². The summed E-state index contributed by atoms with van der Waals surface area (Å²) in [6.07, 6.45) is 0.0876. The topological polar surface area (TPSA) is 73.6 Å². The smallest absolute Gasteiger partial charge is 0.222 e. The molecule has 0 aromatic heterocycles. The predicted molar refractivity (Wildman–Crippen MR) is 101 cm³/mol. The van der Waals surface area contributed by atoms with Crippen molar-refractivity contribution >= 4 is 18.3 Å². The van der Waals surface area contributed by atoms with Gasteiger partial charge >= 0.3 is 0 Å².